The lowest BCUT2D eigenvalue weighted by Gasteiger charge is -2.32. The summed E-state index contributed by atoms with van der Waals surface area (Å²) in [6.07, 6.45) is -0.250. The van der Waals surface area contributed by atoms with Gasteiger partial charge in [0.25, 0.3) is 5.91 Å². The first-order valence-corrected chi connectivity index (χ1v) is 16.6. The molecule has 0 spiro atoms. The number of fused-ring (bicyclic) bond motifs is 1. The second kappa shape index (κ2) is 15.7. The Bertz CT molecular complexity index is 1990. The molecule has 0 aliphatic carbocycles. The minimum Gasteiger partial charge on any atom is -0.506 e. The lowest BCUT2D eigenvalue weighted by Crippen LogP contribution is -2.41. The van der Waals surface area contributed by atoms with Crippen molar-refractivity contribution in [3.05, 3.63) is 141 Å². The van der Waals surface area contributed by atoms with Crippen LogP contribution in [0.5, 0.6) is 11.5 Å². The van der Waals surface area contributed by atoms with Crippen molar-refractivity contribution in [2.24, 2.45) is 5.92 Å². The molecule has 5 aromatic rings. The molecule has 1 aliphatic heterocycles. The number of carbonyl (C=O) groups is 2. The van der Waals surface area contributed by atoms with Crippen molar-refractivity contribution in [1.82, 2.24) is 20.5 Å². The number of amides is 2. The van der Waals surface area contributed by atoms with Gasteiger partial charge in [0.2, 0.25) is 5.56 Å². The van der Waals surface area contributed by atoms with Gasteiger partial charge >= 0.3 is 6.09 Å². The van der Waals surface area contributed by atoms with Crippen molar-refractivity contribution in [2.45, 2.75) is 31.6 Å². The van der Waals surface area contributed by atoms with E-state index in [2.05, 4.69) is 15.6 Å². The van der Waals surface area contributed by atoms with Gasteiger partial charge in [-0.3, -0.25) is 9.59 Å². The smallest absolute Gasteiger partial charge is 0.405 e. The predicted octanol–water partition coefficient (Wildman–Crippen LogP) is 5.35. The van der Waals surface area contributed by atoms with Gasteiger partial charge in [-0.15, -0.1) is 0 Å². The molecule has 1 aliphatic rings. The highest BCUT2D eigenvalue weighted by atomic mass is 16.5. The molecule has 2 amide bonds. The minimum atomic E-state index is -1.11. The van der Waals surface area contributed by atoms with Crippen LogP contribution in [-0.4, -0.2) is 63.4 Å². The average Bonchev–Trinajstić information content (AvgIpc) is 3.14. The second-order valence-corrected chi connectivity index (χ2v) is 12.5. The van der Waals surface area contributed by atoms with Crippen molar-refractivity contribution in [1.29, 1.82) is 0 Å². The second-order valence-electron chi connectivity index (χ2n) is 12.5. The summed E-state index contributed by atoms with van der Waals surface area (Å²) in [6.45, 7) is 2.59. The molecule has 11 nitrogen and oxygen atoms in total. The summed E-state index contributed by atoms with van der Waals surface area (Å²) < 4.78 is 6.04. The number of aliphatic hydroxyl groups excluding tert-OH is 1. The number of likely N-dealkylation sites (tertiary alicyclic amines) is 1. The van der Waals surface area contributed by atoms with Gasteiger partial charge in [0.15, 0.2) is 0 Å². The van der Waals surface area contributed by atoms with E-state index in [1.54, 1.807) is 12.1 Å². The zero-order valence-corrected chi connectivity index (χ0v) is 27.4. The molecule has 1 aromatic heterocycles. The van der Waals surface area contributed by atoms with Crippen molar-refractivity contribution >= 4 is 22.9 Å². The van der Waals surface area contributed by atoms with E-state index in [0.29, 0.717) is 59.9 Å². The van der Waals surface area contributed by atoms with Gasteiger partial charge < -0.3 is 40.6 Å². The van der Waals surface area contributed by atoms with E-state index in [4.69, 9.17) is 4.74 Å². The molecule has 50 heavy (non-hydrogen) atoms. The van der Waals surface area contributed by atoms with Crippen LogP contribution in [0.4, 0.5) is 4.79 Å². The fraction of sp³-hybridized carbons (Fsp3) is 0.256. The van der Waals surface area contributed by atoms with Gasteiger partial charge in [-0.2, -0.15) is 0 Å². The first kappa shape index (κ1) is 34.2. The minimum absolute atomic E-state index is 0.0119. The highest BCUT2D eigenvalue weighted by Gasteiger charge is 2.24. The number of phenols is 1. The molecule has 6 N–H and O–H groups in total. The van der Waals surface area contributed by atoms with E-state index >= 15 is 0 Å². The number of ether oxygens (including phenoxy) is 1. The molecule has 11 heteroatoms. The summed E-state index contributed by atoms with van der Waals surface area (Å²) in [6, 6.07) is 29.7. The molecule has 4 aromatic carbocycles. The van der Waals surface area contributed by atoms with E-state index in [1.807, 2.05) is 83.8 Å². The van der Waals surface area contributed by atoms with Crippen LogP contribution < -0.4 is 20.9 Å². The Balaban J connectivity index is 0.965. The van der Waals surface area contributed by atoms with E-state index in [0.717, 1.165) is 29.5 Å². The number of hydrogen-bond donors (Lipinski definition) is 6. The number of aliphatic hydroxyl groups is 1. The topological polar surface area (TPSA) is 164 Å². The molecule has 1 fully saturated rings. The summed E-state index contributed by atoms with van der Waals surface area (Å²) in [5, 5.41) is 36.9. The highest BCUT2D eigenvalue weighted by molar-refractivity contribution is 5.94. The number of nitrogens with zero attached hydrogens (tertiary/aromatic N) is 1. The van der Waals surface area contributed by atoms with Crippen LogP contribution in [0.3, 0.4) is 0 Å². The van der Waals surface area contributed by atoms with Gasteiger partial charge in [0.05, 0.1) is 17.7 Å². The third-order valence-electron chi connectivity index (χ3n) is 9.14. The largest absolute Gasteiger partial charge is 0.506 e. The van der Waals surface area contributed by atoms with Crippen molar-refractivity contribution in [3.63, 3.8) is 0 Å². The molecule has 0 saturated carbocycles. The molecule has 258 valence electrons. The zero-order chi connectivity index (χ0) is 35.0. The molecule has 6 rings (SSSR count). The molecule has 0 bridgehead atoms. The van der Waals surface area contributed by atoms with Crippen molar-refractivity contribution in [2.75, 3.05) is 26.2 Å². The van der Waals surface area contributed by atoms with Gasteiger partial charge in [-0.1, -0.05) is 60.7 Å². The Hall–Kier alpha value is -5.65. The first-order valence-electron chi connectivity index (χ1n) is 16.6. The number of rotatable bonds is 12. The third-order valence-corrected chi connectivity index (χ3v) is 9.14. The predicted molar refractivity (Wildman–Crippen MR) is 189 cm³/mol. The number of aromatic amines is 1. The molecule has 1 saturated heterocycles. The number of hydrogen-bond acceptors (Lipinski definition) is 7. The lowest BCUT2D eigenvalue weighted by molar-refractivity contribution is 0.0688. The van der Waals surface area contributed by atoms with Crippen LogP contribution in [0.1, 0.15) is 57.6 Å². The van der Waals surface area contributed by atoms with Gasteiger partial charge in [0.1, 0.15) is 18.1 Å². The summed E-state index contributed by atoms with van der Waals surface area (Å²) in [5.41, 5.74) is 3.70. The summed E-state index contributed by atoms with van der Waals surface area (Å²) in [7, 11) is 0. The van der Waals surface area contributed by atoms with Crippen LogP contribution in [-0.2, 0) is 6.61 Å². The average molecular weight is 677 g/mol. The van der Waals surface area contributed by atoms with Gasteiger partial charge in [-0.25, -0.2) is 4.79 Å². The monoisotopic (exact) mass is 676 g/mol. The number of piperidine rings is 1. The number of aromatic hydroxyl groups is 1. The van der Waals surface area contributed by atoms with E-state index in [1.165, 1.54) is 12.1 Å². The Kier molecular flexibility index (Phi) is 10.8. The van der Waals surface area contributed by atoms with Crippen LogP contribution in [0.15, 0.2) is 108 Å². The first-order chi connectivity index (χ1) is 24.2. The fourth-order valence-corrected chi connectivity index (χ4v) is 6.43. The van der Waals surface area contributed by atoms with Gasteiger partial charge in [-0.05, 0) is 84.0 Å². The van der Waals surface area contributed by atoms with Crippen LogP contribution in [0.25, 0.3) is 10.9 Å². The molecule has 2 atom stereocenters. The van der Waals surface area contributed by atoms with Crippen LogP contribution >= 0.6 is 0 Å². The quantitative estimate of drug-likeness (QED) is 0.103. The third kappa shape index (κ3) is 8.31. The normalized spacial score (nSPS) is 14.6. The SMILES string of the molecule is O=C(O)N[C@@H](c1ccccc1)c1cccc(OCc2ccc(C(=O)N3CCC(CNCC(O)c4ccc(O)c5[nH]c(=O)ccc45)CC3)cc2)c1. The number of phenolic OH excluding ortho intramolecular Hbond substituents is 1. The maximum Gasteiger partial charge on any atom is 0.405 e. The highest BCUT2D eigenvalue weighted by Crippen LogP contribution is 2.29. The van der Waals surface area contributed by atoms with Gasteiger partial charge in [0, 0.05) is 36.7 Å². The Labute approximate surface area is 289 Å². The standard InChI is InChI=1S/C39H40N4O7/c44-33-15-13-31(32-14-16-35(46)41-37(32)33)34(45)23-40-22-25-17-19-43(20-18-25)38(47)28-11-9-26(10-12-28)24-50-30-8-4-7-29(21-30)36(42-39(48)49)27-5-2-1-3-6-27/h1-16,21,25,34,36,40,42,44-45H,17-20,22-24H2,(H,41,46)(H,48,49)/t34?,36-/m0/s1. The van der Waals surface area contributed by atoms with Crippen molar-refractivity contribution < 1.29 is 29.6 Å². The number of benzene rings is 4. The maximum absolute atomic E-state index is 13.3. The number of H-pyrrole nitrogens is 1. The fourth-order valence-electron chi connectivity index (χ4n) is 6.43. The number of carbonyl (C=O) groups excluding carboxylic acids is 1. The summed E-state index contributed by atoms with van der Waals surface area (Å²) in [5.74, 6) is 0.911. The molecule has 1 unspecified atom stereocenters. The van der Waals surface area contributed by atoms with E-state index in [9.17, 15) is 29.7 Å². The number of nitrogens with one attached hydrogen (secondary N) is 3. The van der Waals surface area contributed by atoms with E-state index < -0.39 is 18.2 Å². The Morgan fingerprint density at radius 1 is 0.900 bits per heavy atom. The number of pyridine rings is 1. The number of carboxylic acid groups (broad SMARTS) is 1. The van der Waals surface area contributed by atoms with Crippen molar-refractivity contribution in [3.8, 4) is 11.5 Å². The van der Waals surface area contributed by atoms with Crippen LogP contribution in [0.2, 0.25) is 0 Å². The zero-order valence-electron chi connectivity index (χ0n) is 27.4. The van der Waals surface area contributed by atoms with Crippen LogP contribution in [0, 0.1) is 5.92 Å². The molecular weight excluding hydrogens is 636 g/mol. The Morgan fingerprint density at radius 2 is 1.64 bits per heavy atom. The summed E-state index contributed by atoms with van der Waals surface area (Å²) >= 11 is 0. The molecule has 2 heterocycles. The lowest BCUT2D eigenvalue weighted by atomic mass is 9.96. The Morgan fingerprint density at radius 3 is 2.38 bits per heavy atom. The number of aromatic nitrogens is 1. The van der Waals surface area contributed by atoms with E-state index in [-0.39, 0.29) is 23.8 Å². The summed E-state index contributed by atoms with van der Waals surface area (Å²) in [4.78, 5) is 40.9. The maximum atomic E-state index is 13.3. The molecular formula is C39H40N4O7. The molecule has 0 radical (unpaired) electrons.